The number of aromatic nitrogens is 1. The van der Waals surface area contributed by atoms with E-state index >= 15 is 0 Å². The summed E-state index contributed by atoms with van der Waals surface area (Å²) in [6.45, 7) is 3.29. The molecule has 1 rings (SSSR count). The van der Waals surface area contributed by atoms with E-state index in [0.717, 1.165) is 0 Å². The number of rotatable bonds is 2. The van der Waals surface area contributed by atoms with Crippen LogP contribution in [0.1, 0.15) is 16.2 Å². The third kappa shape index (κ3) is 2.05. The first kappa shape index (κ1) is 9.25. The second kappa shape index (κ2) is 3.71. The van der Waals surface area contributed by atoms with Crippen molar-refractivity contribution < 1.29 is 14.6 Å². The van der Waals surface area contributed by atoms with Gasteiger partial charge in [-0.2, -0.15) is 0 Å². The van der Waals surface area contributed by atoms with Crippen LogP contribution >= 0.6 is 0 Å². The number of hydrogen-bond donors (Lipinski definition) is 1. The van der Waals surface area contributed by atoms with Gasteiger partial charge in [-0.05, 0) is 12.1 Å². The van der Waals surface area contributed by atoms with Crippen LogP contribution in [0.2, 0.25) is 0 Å². The summed E-state index contributed by atoms with van der Waals surface area (Å²) in [7, 11) is 1.27. The van der Waals surface area contributed by atoms with Crippen molar-refractivity contribution in [2.75, 3.05) is 7.11 Å². The Balaban J connectivity index is 3.05. The molecule has 0 aromatic carbocycles. The molecule has 0 bridgehead atoms. The molecule has 0 fully saturated rings. The number of nitrogens with zero attached hydrogens (tertiary/aromatic N) is 1. The van der Waals surface area contributed by atoms with E-state index in [1.807, 2.05) is 0 Å². The van der Waals surface area contributed by atoms with Gasteiger partial charge in [0.15, 0.2) is 0 Å². The minimum absolute atomic E-state index is 0.148. The van der Waals surface area contributed by atoms with Crippen molar-refractivity contribution in [2.45, 2.75) is 0 Å². The number of carbonyl (C=O) groups excluding carboxylic acids is 1. The van der Waals surface area contributed by atoms with Crippen molar-refractivity contribution in [1.82, 2.24) is 4.98 Å². The van der Waals surface area contributed by atoms with Gasteiger partial charge in [0.1, 0.15) is 17.1 Å². The molecular formula is C9H9NO3. The quantitative estimate of drug-likeness (QED) is 0.550. The average molecular weight is 179 g/mol. The SMILES string of the molecule is C=C(O)c1cccc(C(=O)OC)n1. The summed E-state index contributed by atoms with van der Waals surface area (Å²) in [5, 5.41) is 8.99. The number of carbonyl (C=O) groups is 1. The Morgan fingerprint density at radius 3 is 2.69 bits per heavy atom. The van der Waals surface area contributed by atoms with Crippen molar-refractivity contribution >= 4 is 11.7 Å². The van der Waals surface area contributed by atoms with Gasteiger partial charge in [0.2, 0.25) is 0 Å². The number of aliphatic hydroxyl groups excluding tert-OH is 1. The Morgan fingerprint density at radius 1 is 1.54 bits per heavy atom. The Labute approximate surface area is 75.5 Å². The first-order valence-corrected chi connectivity index (χ1v) is 3.58. The lowest BCUT2D eigenvalue weighted by Crippen LogP contribution is -2.05. The molecule has 0 radical (unpaired) electrons. The van der Waals surface area contributed by atoms with E-state index in [9.17, 15) is 4.79 Å². The fourth-order valence-electron chi connectivity index (χ4n) is 0.814. The van der Waals surface area contributed by atoms with Crippen molar-refractivity contribution in [1.29, 1.82) is 0 Å². The summed E-state index contributed by atoms with van der Waals surface area (Å²) in [6.07, 6.45) is 0. The maximum Gasteiger partial charge on any atom is 0.356 e. The molecule has 0 saturated carbocycles. The third-order valence-corrected chi connectivity index (χ3v) is 1.44. The first-order valence-electron chi connectivity index (χ1n) is 3.58. The fourth-order valence-corrected chi connectivity index (χ4v) is 0.814. The molecule has 13 heavy (non-hydrogen) atoms. The zero-order valence-corrected chi connectivity index (χ0v) is 7.15. The lowest BCUT2D eigenvalue weighted by Gasteiger charge is -2.00. The highest BCUT2D eigenvalue weighted by Gasteiger charge is 2.07. The molecule has 4 heteroatoms. The Morgan fingerprint density at radius 2 is 2.15 bits per heavy atom. The minimum atomic E-state index is -0.539. The summed E-state index contributed by atoms with van der Waals surface area (Å²) in [4.78, 5) is 14.8. The van der Waals surface area contributed by atoms with Crippen LogP contribution in [-0.4, -0.2) is 23.2 Å². The molecule has 0 aliphatic carbocycles. The van der Waals surface area contributed by atoms with Crippen LogP contribution in [0.4, 0.5) is 0 Å². The highest BCUT2D eigenvalue weighted by molar-refractivity contribution is 5.87. The van der Waals surface area contributed by atoms with Crippen LogP contribution in [0.25, 0.3) is 5.76 Å². The highest BCUT2D eigenvalue weighted by Crippen LogP contribution is 2.07. The van der Waals surface area contributed by atoms with Crippen molar-refractivity contribution in [3.05, 3.63) is 36.2 Å². The van der Waals surface area contributed by atoms with Crippen LogP contribution in [-0.2, 0) is 4.74 Å². The van der Waals surface area contributed by atoms with Crippen LogP contribution in [0.5, 0.6) is 0 Å². The van der Waals surface area contributed by atoms with E-state index in [1.54, 1.807) is 12.1 Å². The zero-order valence-electron chi connectivity index (χ0n) is 7.15. The lowest BCUT2D eigenvalue weighted by molar-refractivity contribution is 0.0594. The minimum Gasteiger partial charge on any atom is -0.506 e. The Bertz CT molecular complexity index is 346. The number of methoxy groups -OCH3 is 1. The van der Waals surface area contributed by atoms with Gasteiger partial charge in [0, 0.05) is 0 Å². The molecule has 4 nitrogen and oxygen atoms in total. The molecule has 0 saturated heterocycles. The van der Waals surface area contributed by atoms with Gasteiger partial charge in [-0.15, -0.1) is 0 Å². The zero-order chi connectivity index (χ0) is 9.84. The monoisotopic (exact) mass is 179 g/mol. The van der Waals surface area contributed by atoms with Crippen LogP contribution < -0.4 is 0 Å². The summed E-state index contributed by atoms with van der Waals surface area (Å²) >= 11 is 0. The molecule has 1 N–H and O–H groups in total. The molecular weight excluding hydrogens is 170 g/mol. The molecule has 0 unspecified atom stereocenters. The van der Waals surface area contributed by atoms with E-state index in [1.165, 1.54) is 13.2 Å². The molecule has 1 aromatic heterocycles. The standard InChI is InChI=1S/C9H9NO3/c1-6(11)7-4-3-5-8(10-7)9(12)13-2/h3-5,11H,1H2,2H3. The van der Waals surface area contributed by atoms with E-state index in [-0.39, 0.29) is 17.1 Å². The summed E-state index contributed by atoms with van der Waals surface area (Å²) in [5.74, 6) is -0.714. The summed E-state index contributed by atoms with van der Waals surface area (Å²) in [6, 6.07) is 4.64. The highest BCUT2D eigenvalue weighted by atomic mass is 16.5. The van der Waals surface area contributed by atoms with Gasteiger partial charge >= 0.3 is 5.97 Å². The van der Waals surface area contributed by atoms with Gasteiger partial charge in [-0.3, -0.25) is 0 Å². The van der Waals surface area contributed by atoms with Gasteiger partial charge in [-0.25, -0.2) is 9.78 Å². The van der Waals surface area contributed by atoms with E-state index < -0.39 is 5.97 Å². The summed E-state index contributed by atoms with van der Waals surface area (Å²) < 4.78 is 4.46. The maximum atomic E-state index is 11.0. The summed E-state index contributed by atoms with van der Waals surface area (Å²) in [5.41, 5.74) is 0.415. The smallest absolute Gasteiger partial charge is 0.356 e. The number of esters is 1. The maximum absolute atomic E-state index is 11.0. The van der Waals surface area contributed by atoms with Crippen molar-refractivity contribution in [3.63, 3.8) is 0 Å². The molecule has 0 aliphatic heterocycles. The largest absolute Gasteiger partial charge is 0.506 e. The molecule has 68 valence electrons. The van der Waals surface area contributed by atoms with Gasteiger partial charge < -0.3 is 9.84 Å². The number of pyridine rings is 1. The molecule has 0 spiro atoms. The molecule has 1 aromatic rings. The predicted octanol–water partition coefficient (Wildman–Crippen LogP) is 1.40. The van der Waals surface area contributed by atoms with Crippen LogP contribution in [0.3, 0.4) is 0 Å². The number of aliphatic hydroxyl groups is 1. The number of ether oxygens (including phenoxy) is 1. The van der Waals surface area contributed by atoms with E-state index in [4.69, 9.17) is 5.11 Å². The van der Waals surface area contributed by atoms with Gasteiger partial charge in [0.25, 0.3) is 0 Å². The van der Waals surface area contributed by atoms with Gasteiger partial charge in [0.05, 0.1) is 7.11 Å². The second-order valence-electron chi connectivity index (χ2n) is 2.35. The Hall–Kier alpha value is -1.84. The average Bonchev–Trinajstić information content (AvgIpc) is 2.17. The number of hydrogen-bond acceptors (Lipinski definition) is 4. The molecule has 1 heterocycles. The molecule has 0 aliphatic rings. The van der Waals surface area contributed by atoms with Crippen molar-refractivity contribution in [3.8, 4) is 0 Å². The Kier molecular flexibility index (Phi) is 2.64. The first-order chi connectivity index (χ1) is 6.15. The van der Waals surface area contributed by atoms with Crippen LogP contribution in [0.15, 0.2) is 24.8 Å². The van der Waals surface area contributed by atoms with E-state index in [2.05, 4.69) is 16.3 Å². The predicted molar refractivity (Wildman–Crippen MR) is 47.2 cm³/mol. The lowest BCUT2D eigenvalue weighted by atomic mass is 10.3. The third-order valence-electron chi connectivity index (χ3n) is 1.44. The van der Waals surface area contributed by atoms with Gasteiger partial charge in [-0.1, -0.05) is 12.6 Å². The fraction of sp³-hybridized carbons (Fsp3) is 0.111. The topological polar surface area (TPSA) is 59.4 Å². The van der Waals surface area contributed by atoms with E-state index in [0.29, 0.717) is 0 Å². The van der Waals surface area contributed by atoms with Crippen LogP contribution in [0, 0.1) is 0 Å². The molecule has 0 amide bonds. The second-order valence-corrected chi connectivity index (χ2v) is 2.35. The molecule has 0 atom stereocenters. The van der Waals surface area contributed by atoms with Crippen molar-refractivity contribution in [2.24, 2.45) is 0 Å². The normalized spacial score (nSPS) is 9.31.